The average Bonchev–Trinajstić information content (AvgIpc) is 3.07. The highest BCUT2D eigenvalue weighted by atomic mass is 16.6. The van der Waals surface area contributed by atoms with Crippen LogP contribution in [0.25, 0.3) is 0 Å². The summed E-state index contributed by atoms with van der Waals surface area (Å²) in [5.41, 5.74) is 0.715. The molecule has 2 heterocycles. The lowest BCUT2D eigenvalue weighted by Gasteiger charge is -2.29. The summed E-state index contributed by atoms with van der Waals surface area (Å²) in [6.45, 7) is 6.77. The fourth-order valence-electron chi connectivity index (χ4n) is 3.51. The van der Waals surface area contributed by atoms with E-state index in [-0.39, 0.29) is 24.5 Å². The minimum atomic E-state index is -1.10. The zero-order chi connectivity index (χ0) is 23.6. The minimum absolute atomic E-state index is 0.0616. The van der Waals surface area contributed by atoms with Crippen molar-refractivity contribution in [2.45, 2.75) is 13.8 Å². The predicted octanol–water partition coefficient (Wildman–Crippen LogP) is 1.78. The number of carbonyl (C=O) groups excluding carboxylic acids is 4. The van der Waals surface area contributed by atoms with Crippen molar-refractivity contribution >= 4 is 35.3 Å². The number of rotatable bonds is 5. The van der Waals surface area contributed by atoms with Crippen LogP contribution < -0.4 is 9.80 Å². The highest BCUT2D eigenvalue weighted by molar-refractivity contribution is 6.14. The number of fused-ring (bicyclic) bond motifs is 3. The second-order valence-electron chi connectivity index (χ2n) is 6.73. The number of benzene rings is 1. The molecule has 0 bridgehead atoms. The molecule has 32 heavy (non-hydrogen) atoms. The zero-order valence-electron chi connectivity index (χ0n) is 18.1. The lowest BCUT2D eigenvalue weighted by Crippen LogP contribution is -2.39. The van der Waals surface area contributed by atoms with Gasteiger partial charge in [0.05, 0.1) is 32.2 Å². The van der Waals surface area contributed by atoms with Crippen LogP contribution in [0.4, 0.5) is 11.4 Å². The van der Waals surface area contributed by atoms with Crippen LogP contribution in [-0.4, -0.2) is 51.2 Å². The lowest BCUT2D eigenvalue weighted by molar-refractivity contribution is -0.151. The molecule has 2 aliphatic rings. The molecule has 0 saturated heterocycles. The molecule has 10 heteroatoms. The molecule has 1 aromatic carbocycles. The van der Waals surface area contributed by atoms with Gasteiger partial charge in [0.15, 0.2) is 0 Å². The van der Waals surface area contributed by atoms with Crippen LogP contribution in [-0.2, 0) is 38.1 Å². The number of hydrogen-bond donors (Lipinski definition) is 0. The Morgan fingerprint density at radius 1 is 1.03 bits per heavy atom. The molecule has 0 N–H and O–H groups in total. The van der Waals surface area contributed by atoms with Gasteiger partial charge in [-0.2, -0.15) is 0 Å². The summed E-state index contributed by atoms with van der Waals surface area (Å²) in [6.07, 6.45) is 0. The minimum Gasteiger partial charge on any atom is -0.465 e. The van der Waals surface area contributed by atoms with Gasteiger partial charge in [-0.15, -0.1) is 0 Å². The highest BCUT2D eigenvalue weighted by Gasteiger charge is 2.44. The molecule has 3 rings (SSSR count). The second-order valence-corrected chi connectivity index (χ2v) is 6.73. The number of para-hydroxylation sites is 2. The van der Waals surface area contributed by atoms with Crippen LogP contribution in [0.3, 0.4) is 0 Å². The Morgan fingerprint density at radius 3 is 2.19 bits per heavy atom. The Morgan fingerprint density at radius 2 is 1.62 bits per heavy atom. The third-order valence-electron chi connectivity index (χ3n) is 4.71. The van der Waals surface area contributed by atoms with E-state index in [9.17, 15) is 19.2 Å². The second kappa shape index (κ2) is 8.96. The van der Waals surface area contributed by atoms with E-state index in [0.717, 1.165) is 14.2 Å². The SMILES string of the molecule is C=C(C)N1/C2=C(C(=O)OC)/C(C(=O)OC)=C(/C(=O)OCC)OC(=O)CN2c2ccccc21. The number of allylic oxidation sites excluding steroid dienone is 1. The Balaban J connectivity index is 2.49. The summed E-state index contributed by atoms with van der Waals surface area (Å²) in [4.78, 5) is 54.3. The summed E-state index contributed by atoms with van der Waals surface area (Å²) >= 11 is 0. The number of ether oxygens (including phenoxy) is 4. The first-order valence-corrected chi connectivity index (χ1v) is 9.62. The van der Waals surface area contributed by atoms with Gasteiger partial charge in [-0.05, 0) is 26.0 Å². The molecule has 0 atom stereocenters. The van der Waals surface area contributed by atoms with Crippen LogP contribution in [0, 0.1) is 0 Å². The van der Waals surface area contributed by atoms with Gasteiger partial charge in [0.25, 0.3) is 0 Å². The zero-order valence-corrected chi connectivity index (χ0v) is 18.1. The molecule has 0 fully saturated rings. The van der Waals surface area contributed by atoms with E-state index >= 15 is 0 Å². The molecule has 0 amide bonds. The topological polar surface area (TPSA) is 112 Å². The standard InChI is InChI=1S/C22H22N2O8/c1-6-31-22(28)18-16(20(26)29-4)17(21(27)30-5)19-23(11-15(25)32-18)13-9-7-8-10-14(13)24(19)12(2)3/h7-10H,2,6,11H2,1,3-5H3/b18-16+,19-17-. The maximum Gasteiger partial charge on any atom is 0.375 e. The summed E-state index contributed by atoms with van der Waals surface area (Å²) in [6, 6.07) is 7.01. The van der Waals surface area contributed by atoms with E-state index < -0.39 is 35.2 Å². The number of carbonyl (C=O) groups is 4. The number of esters is 4. The first kappa shape index (κ1) is 22.6. The maximum atomic E-state index is 13.0. The predicted molar refractivity (Wildman–Crippen MR) is 112 cm³/mol. The summed E-state index contributed by atoms with van der Waals surface area (Å²) in [5, 5.41) is 0. The molecular formula is C22H22N2O8. The van der Waals surface area contributed by atoms with E-state index in [1.54, 1.807) is 43.0 Å². The fourth-order valence-corrected chi connectivity index (χ4v) is 3.51. The smallest absolute Gasteiger partial charge is 0.375 e. The third-order valence-corrected chi connectivity index (χ3v) is 4.71. The van der Waals surface area contributed by atoms with Crippen LogP contribution in [0.15, 0.2) is 59.3 Å². The first-order chi connectivity index (χ1) is 15.3. The van der Waals surface area contributed by atoms with E-state index in [4.69, 9.17) is 18.9 Å². The van der Waals surface area contributed by atoms with E-state index in [0.29, 0.717) is 17.1 Å². The van der Waals surface area contributed by atoms with Gasteiger partial charge < -0.3 is 23.8 Å². The number of nitrogens with zero attached hydrogens (tertiary/aromatic N) is 2. The summed E-state index contributed by atoms with van der Waals surface area (Å²) < 4.78 is 20.0. The van der Waals surface area contributed by atoms with Crippen molar-refractivity contribution < 1.29 is 38.1 Å². The summed E-state index contributed by atoms with van der Waals surface area (Å²) in [5.74, 6) is -4.65. The molecule has 2 aliphatic heterocycles. The molecule has 0 aromatic heterocycles. The van der Waals surface area contributed by atoms with Crippen molar-refractivity contribution in [2.24, 2.45) is 0 Å². The van der Waals surface area contributed by atoms with Gasteiger partial charge in [-0.1, -0.05) is 18.7 Å². The Bertz CT molecular complexity index is 1090. The molecule has 0 radical (unpaired) electrons. The Hall–Kier alpha value is -4.08. The number of anilines is 2. The normalized spacial score (nSPS) is 19.8. The molecule has 0 aliphatic carbocycles. The Labute approximate surface area is 184 Å². The van der Waals surface area contributed by atoms with E-state index in [2.05, 4.69) is 6.58 Å². The van der Waals surface area contributed by atoms with Gasteiger partial charge in [-0.25, -0.2) is 19.2 Å². The van der Waals surface area contributed by atoms with Crippen molar-refractivity contribution in [1.82, 2.24) is 0 Å². The monoisotopic (exact) mass is 442 g/mol. The number of cyclic esters (lactones) is 1. The maximum absolute atomic E-state index is 13.0. The van der Waals surface area contributed by atoms with Gasteiger partial charge in [0.2, 0.25) is 5.76 Å². The molecule has 10 nitrogen and oxygen atoms in total. The van der Waals surface area contributed by atoms with E-state index in [1.807, 2.05) is 0 Å². The first-order valence-electron chi connectivity index (χ1n) is 9.62. The van der Waals surface area contributed by atoms with Crippen LogP contribution >= 0.6 is 0 Å². The lowest BCUT2D eigenvalue weighted by atomic mass is 10.0. The van der Waals surface area contributed by atoms with Crippen molar-refractivity contribution in [3.05, 3.63) is 59.3 Å². The number of hydrogen-bond acceptors (Lipinski definition) is 10. The van der Waals surface area contributed by atoms with Gasteiger partial charge >= 0.3 is 23.9 Å². The molecule has 0 saturated carbocycles. The quantitative estimate of drug-likeness (QED) is 0.494. The fraction of sp³-hybridized carbons (Fsp3) is 0.273. The van der Waals surface area contributed by atoms with Crippen molar-refractivity contribution in [1.29, 1.82) is 0 Å². The largest absolute Gasteiger partial charge is 0.465 e. The van der Waals surface area contributed by atoms with Crippen molar-refractivity contribution in [3.8, 4) is 0 Å². The summed E-state index contributed by atoms with van der Waals surface area (Å²) in [7, 11) is 2.19. The molecule has 0 spiro atoms. The average molecular weight is 442 g/mol. The van der Waals surface area contributed by atoms with Gasteiger partial charge in [0, 0.05) is 5.70 Å². The third kappa shape index (κ3) is 3.70. The van der Waals surface area contributed by atoms with Crippen molar-refractivity contribution in [3.63, 3.8) is 0 Å². The molecule has 0 unspecified atom stereocenters. The van der Waals surface area contributed by atoms with Crippen LogP contribution in [0.5, 0.6) is 0 Å². The van der Waals surface area contributed by atoms with E-state index in [1.165, 1.54) is 4.90 Å². The van der Waals surface area contributed by atoms with Crippen LogP contribution in [0.1, 0.15) is 13.8 Å². The Kier molecular flexibility index (Phi) is 6.33. The molecular weight excluding hydrogens is 420 g/mol. The number of methoxy groups -OCH3 is 2. The molecule has 168 valence electrons. The highest BCUT2D eigenvalue weighted by Crippen LogP contribution is 2.46. The molecule has 1 aromatic rings. The van der Waals surface area contributed by atoms with Gasteiger partial charge in [0.1, 0.15) is 23.5 Å². The van der Waals surface area contributed by atoms with Gasteiger partial charge in [-0.3, -0.25) is 4.90 Å². The van der Waals surface area contributed by atoms with Crippen molar-refractivity contribution in [2.75, 3.05) is 37.2 Å². The van der Waals surface area contributed by atoms with Crippen LogP contribution in [0.2, 0.25) is 0 Å².